The number of methoxy groups -OCH3 is 2. The molecule has 0 bridgehead atoms. The van der Waals surface area contributed by atoms with E-state index in [1.54, 1.807) is 14.2 Å². The Morgan fingerprint density at radius 2 is 1.80 bits per heavy atom. The van der Waals surface area contributed by atoms with E-state index in [2.05, 4.69) is 5.32 Å². The molecule has 0 unspecified atom stereocenters. The molecule has 2 N–H and O–H groups in total. The lowest BCUT2D eigenvalue weighted by molar-refractivity contribution is -0.0991. The van der Waals surface area contributed by atoms with E-state index in [1.165, 1.54) is 0 Å². The molecule has 1 fully saturated rings. The molecule has 0 atom stereocenters. The van der Waals surface area contributed by atoms with E-state index in [-0.39, 0.29) is 12.4 Å². The van der Waals surface area contributed by atoms with Crippen LogP contribution in [0.2, 0.25) is 0 Å². The van der Waals surface area contributed by atoms with Crippen molar-refractivity contribution >= 4 is 0 Å². The molecule has 0 spiro atoms. The molecule has 4 heteroatoms. The minimum Gasteiger partial charge on any atom is -0.393 e. The van der Waals surface area contributed by atoms with Gasteiger partial charge in [0.25, 0.3) is 0 Å². The average Bonchev–Trinajstić information content (AvgIpc) is 2.27. The van der Waals surface area contributed by atoms with Gasteiger partial charge >= 0.3 is 0 Å². The molecule has 0 aromatic carbocycles. The van der Waals surface area contributed by atoms with Crippen LogP contribution < -0.4 is 5.32 Å². The van der Waals surface area contributed by atoms with Gasteiger partial charge in [0.2, 0.25) is 0 Å². The first-order chi connectivity index (χ1) is 7.26. The molecule has 0 amide bonds. The van der Waals surface area contributed by atoms with E-state index in [4.69, 9.17) is 9.47 Å². The molecule has 0 aromatic rings. The second-order valence-electron chi connectivity index (χ2n) is 4.23. The van der Waals surface area contributed by atoms with Crippen LogP contribution in [0.3, 0.4) is 0 Å². The third-order valence-electron chi connectivity index (χ3n) is 3.09. The highest BCUT2D eigenvalue weighted by atomic mass is 16.7. The molecule has 0 radical (unpaired) electrons. The van der Waals surface area contributed by atoms with Crippen molar-refractivity contribution in [3.63, 3.8) is 0 Å². The zero-order valence-corrected chi connectivity index (χ0v) is 9.74. The van der Waals surface area contributed by atoms with Crippen LogP contribution in [-0.4, -0.2) is 44.8 Å². The molecule has 0 saturated heterocycles. The van der Waals surface area contributed by atoms with E-state index in [0.29, 0.717) is 5.92 Å². The molecule has 1 saturated carbocycles. The Labute approximate surface area is 92.0 Å². The van der Waals surface area contributed by atoms with Crippen molar-refractivity contribution in [1.29, 1.82) is 0 Å². The zero-order chi connectivity index (χ0) is 11.1. The van der Waals surface area contributed by atoms with Gasteiger partial charge < -0.3 is 19.9 Å². The van der Waals surface area contributed by atoms with Crippen LogP contribution in [0.15, 0.2) is 0 Å². The van der Waals surface area contributed by atoms with Crippen molar-refractivity contribution in [3.05, 3.63) is 0 Å². The summed E-state index contributed by atoms with van der Waals surface area (Å²) in [6, 6.07) is 0. The number of aliphatic hydroxyl groups excluding tert-OH is 1. The van der Waals surface area contributed by atoms with Gasteiger partial charge in [0.15, 0.2) is 6.29 Å². The van der Waals surface area contributed by atoms with Crippen LogP contribution in [0.4, 0.5) is 0 Å². The van der Waals surface area contributed by atoms with Crippen LogP contribution in [0.5, 0.6) is 0 Å². The van der Waals surface area contributed by atoms with E-state index in [1.807, 2.05) is 0 Å². The van der Waals surface area contributed by atoms with Crippen molar-refractivity contribution in [1.82, 2.24) is 5.32 Å². The predicted octanol–water partition coefficient (Wildman–Crippen LogP) is 0.746. The molecular weight excluding hydrogens is 194 g/mol. The molecule has 1 aliphatic rings. The summed E-state index contributed by atoms with van der Waals surface area (Å²) in [6.45, 7) is 1.72. The Kier molecular flexibility index (Phi) is 6.17. The Bertz CT molecular complexity index is 154. The predicted molar refractivity (Wildman–Crippen MR) is 58.6 cm³/mol. The van der Waals surface area contributed by atoms with Gasteiger partial charge in [0.1, 0.15) is 0 Å². The van der Waals surface area contributed by atoms with Crippen molar-refractivity contribution in [3.8, 4) is 0 Å². The number of hydrogen-bond donors (Lipinski definition) is 2. The Hall–Kier alpha value is -0.160. The number of aliphatic hydroxyl groups is 1. The van der Waals surface area contributed by atoms with E-state index in [0.717, 1.165) is 38.8 Å². The molecule has 0 aliphatic heterocycles. The lowest BCUT2D eigenvalue weighted by Crippen LogP contribution is -2.34. The minimum atomic E-state index is -0.154. The molecule has 15 heavy (non-hydrogen) atoms. The van der Waals surface area contributed by atoms with Gasteiger partial charge in [0, 0.05) is 20.8 Å². The monoisotopic (exact) mass is 217 g/mol. The number of rotatable bonds is 6. The van der Waals surface area contributed by atoms with Gasteiger partial charge in [-0.1, -0.05) is 0 Å². The van der Waals surface area contributed by atoms with E-state index < -0.39 is 0 Å². The van der Waals surface area contributed by atoms with Gasteiger partial charge in [-0.05, 0) is 38.1 Å². The number of nitrogens with one attached hydrogen (secondary N) is 1. The first-order valence-corrected chi connectivity index (χ1v) is 5.70. The molecule has 1 rings (SSSR count). The SMILES string of the molecule is COC(CNCC1CCC(O)CC1)OC. The van der Waals surface area contributed by atoms with E-state index >= 15 is 0 Å². The second kappa shape index (κ2) is 7.17. The highest BCUT2D eigenvalue weighted by molar-refractivity contribution is 4.73. The van der Waals surface area contributed by atoms with Crippen LogP contribution in [0.25, 0.3) is 0 Å². The number of hydrogen-bond acceptors (Lipinski definition) is 4. The molecule has 0 aromatic heterocycles. The summed E-state index contributed by atoms with van der Waals surface area (Å²) >= 11 is 0. The fourth-order valence-corrected chi connectivity index (χ4v) is 2.02. The molecule has 90 valence electrons. The maximum Gasteiger partial charge on any atom is 0.169 e. The van der Waals surface area contributed by atoms with Crippen molar-refractivity contribution in [2.45, 2.75) is 38.1 Å². The van der Waals surface area contributed by atoms with Crippen LogP contribution in [-0.2, 0) is 9.47 Å². The topological polar surface area (TPSA) is 50.7 Å². The summed E-state index contributed by atoms with van der Waals surface area (Å²) in [6.07, 6.45) is 3.93. The Balaban J connectivity index is 2.04. The standard InChI is InChI=1S/C11H23NO3/c1-14-11(15-2)8-12-7-9-3-5-10(13)6-4-9/h9-13H,3-8H2,1-2H3. The fourth-order valence-electron chi connectivity index (χ4n) is 2.02. The summed E-state index contributed by atoms with van der Waals surface area (Å²) in [5, 5.41) is 12.7. The molecule has 4 nitrogen and oxygen atoms in total. The van der Waals surface area contributed by atoms with Crippen LogP contribution in [0.1, 0.15) is 25.7 Å². The molecule has 1 aliphatic carbocycles. The first-order valence-electron chi connectivity index (χ1n) is 5.70. The Morgan fingerprint density at radius 3 is 2.33 bits per heavy atom. The van der Waals surface area contributed by atoms with E-state index in [9.17, 15) is 5.11 Å². The lowest BCUT2D eigenvalue weighted by Gasteiger charge is -2.26. The third kappa shape index (κ3) is 4.93. The summed E-state index contributed by atoms with van der Waals surface area (Å²) < 4.78 is 10.2. The summed E-state index contributed by atoms with van der Waals surface area (Å²) in [5.74, 6) is 0.697. The summed E-state index contributed by atoms with van der Waals surface area (Å²) in [4.78, 5) is 0. The maximum atomic E-state index is 9.36. The molecular formula is C11H23NO3. The Morgan fingerprint density at radius 1 is 1.20 bits per heavy atom. The van der Waals surface area contributed by atoms with Crippen molar-refractivity contribution in [2.75, 3.05) is 27.3 Å². The summed E-state index contributed by atoms with van der Waals surface area (Å²) in [7, 11) is 3.29. The smallest absolute Gasteiger partial charge is 0.169 e. The van der Waals surface area contributed by atoms with Crippen molar-refractivity contribution in [2.24, 2.45) is 5.92 Å². The average molecular weight is 217 g/mol. The highest BCUT2D eigenvalue weighted by Gasteiger charge is 2.19. The van der Waals surface area contributed by atoms with Gasteiger partial charge in [-0.25, -0.2) is 0 Å². The van der Waals surface area contributed by atoms with Gasteiger partial charge in [-0.15, -0.1) is 0 Å². The van der Waals surface area contributed by atoms with Crippen molar-refractivity contribution < 1.29 is 14.6 Å². The zero-order valence-electron chi connectivity index (χ0n) is 9.74. The first kappa shape index (κ1) is 12.9. The van der Waals surface area contributed by atoms with Gasteiger partial charge in [-0.2, -0.15) is 0 Å². The molecule has 0 heterocycles. The normalized spacial score (nSPS) is 27.2. The maximum absolute atomic E-state index is 9.36. The van der Waals surface area contributed by atoms with Gasteiger partial charge in [0.05, 0.1) is 6.10 Å². The van der Waals surface area contributed by atoms with Crippen LogP contribution in [0, 0.1) is 5.92 Å². The fraction of sp³-hybridized carbons (Fsp3) is 1.00. The lowest BCUT2D eigenvalue weighted by atomic mass is 9.87. The van der Waals surface area contributed by atoms with Gasteiger partial charge in [-0.3, -0.25) is 0 Å². The van der Waals surface area contributed by atoms with Crippen LogP contribution >= 0.6 is 0 Å². The number of ether oxygens (including phenoxy) is 2. The highest BCUT2D eigenvalue weighted by Crippen LogP contribution is 2.23. The summed E-state index contributed by atoms with van der Waals surface area (Å²) in [5.41, 5.74) is 0. The third-order valence-corrected chi connectivity index (χ3v) is 3.09. The largest absolute Gasteiger partial charge is 0.393 e. The quantitative estimate of drug-likeness (QED) is 0.645. The minimum absolute atomic E-state index is 0.0630. The second-order valence-corrected chi connectivity index (χ2v) is 4.23.